The van der Waals surface area contributed by atoms with Crippen LogP contribution in [0.15, 0.2) is 24.3 Å². The second kappa shape index (κ2) is 5.85. The first-order chi connectivity index (χ1) is 9.05. The molecule has 0 atom stereocenters. The molecule has 0 radical (unpaired) electrons. The molecule has 0 spiro atoms. The van der Waals surface area contributed by atoms with E-state index >= 15 is 0 Å². The topological polar surface area (TPSA) is 52.6 Å². The summed E-state index contributed by atoms with van der Waals surface area (Å²) < 4.78 is 40.5. The van der Waals surface area contributed by atoms with Crippen molar-refractivity contribution in [3.8, 4) is 0 Å². The minimum Gasteiger partial charge on any atom is -0.320 e. The molecule has 106 valence electrons. The van der Waals surface area contributed by atoms with E-state index in [2.05, 4.69) is 5.32 Å². The van der Waals surface area contributed by atoms with E-state index in [4.69, 9.17) is 0 Å². The largest absolute Gasteiger partial charge is 0.320 e. The predicted octanol–water partition coefficient (Wildman–Crippen LogP) is 0.802. The van der Waals surface area contributed by atoms with E-state index in [1.54, 1.807) is 6.07 Å². The SMILES string of the molecule is CNCCCN1CCN(c2cccc(F)c2)S1(=O)=O. The zero-order valence-corrected chi connectivity index (χ0v) is 11.7. The predicted molar refractivity (Wildman–Crippen MR) is 72.8 cm³/mol. The molecule has 0 saturated carbocycles. The van der Waals surface area contributed by atoms with E-state index in [-0.39, 0.29) is 0 Å². The fourth-order valence-corrected chi connectivity index (χ4v) is 3.77. The van der Waals surface area contributed by atoms with Gasteiger partial charge in [-0.15, -0.1) is 0 Å². The Balaban J connectivity index is 2.13. The summed E-state index contributed by atoms with van der Waals surface area (Å²) in [6, 6.07) is 5.67. The summed E-state index contributed by atoms with van der Waals surface area (Å²) in [4.78, 5) is 0. The Morgan fingerprint density at radius 2 is 2.16 bits per heavy atom. The van der Waals surface area contributed by atoms with Crippen LogP contribution in [0.2, 0.25) is 0 Å². The average molecular weight is 287 g/mol. The zero-order chi connectivity index (χ0) is 13.9. The van der Waals surface area contributed by atoms with E-state index in [9.17, 15) is 12.8 Å². The summed E-state index contributed by atoms with van der Waals surface area (Å²) in [7, 11) is -1.68. The lowest BCUT2D eigenvalue weighted by Crippen LogP contribution is -2.34. The highest BCUT2D eigenvalue weighted by atomic mass is 32.2. The van der Waals surface area contributed by atoms with Crippen molar-refractivity contribution in [3.05, 3.63) is 30.1 Å². The molecule has 1 aromatic rings. The van der Waals surface area contributed by atoms with Gasteiger partial charge < -0.3 is 5.32 Å². The van der Waals surface area contributed by atoms with Crippen LogP contribution in [0.25, 0.3) is 0 Å². The lowest BCUT2D eigenvalue weighted by Gasteiger charge is -2.20. The molecule has 1 N–H and O–H groups in total. The first-order valence-electron chi connectivity index (χ1n) is 6.23. The van der Waals surface area contributed by atoms with Gasteiger partial charge in [-0.3, -0.25) is 4.31 Å². The van der Waals surface area contributed by atoms with Crippen molar-refractivity contribution in [2.24, 2.45) is 0 Å². The van der Waals surface area contributed by atoms with Crippen molar-refractivity contribution >= 4 is 15.9 Å². The number of hydrogen-bond acceptors (Lipinski definition) is 3. The van der Waals surface area contributed by atoms with Gasteiger partial charge in [0, 0.05) is 19.6 Å². The Kier molecular flexibility index (Phi) is 4.38. The molecule has 19 heavy (non-hydrogen) atoms. The number of nitrogens with zero attached hydrogens (tertiary/aromatic N) is 2. The molecule has 1 aromatic carbocycles. The molecule has 2 rings (SSSR count). The van der Waals surface area contributed by atoms with Gasteiger partial charge in [0.2, 0.25) is 0 Å². The molecule has 0 aliphatic carbocycles. The summed E-state index contributed by atoms with van der Waals surface area (Å²) in [5.41, 5.74) is 0.385. The lowest BCUT2D eigenvalue weighted by molar-refractivity contribution is 0.438. The summed E-state index contributed by atoms with van der Waals surface area (Å²) in [5.74, 6) is -0.429. The van der Waals surface area contributed by atoms with E-state index < -0.39 is 16.0 Å². The summed E-state index contributed by atoms with van der Waals surface area (Å²) in [6.45, 7) is 2.06. The van der Waals surface area contributed by atoms with Gasteiger partial charge in [-0.1, -0.05) is 6.07 Å². The highest BCUT2D eigenvalue weighted by Crippen LogP contribution is 2.25. The maximum absolute atomic E-state index is 13.2. The molecule has 5 nitrogen and oxygen atoms in total. The number of halogens is 1. The second-order valence-corrected chi connectivity index (χ2v) is 6.27. The molecule has 1 aliphatic heterocycles. The van der Waals surface area contributed by atoms with Gasteiger partial charge in [-0.25, -0.2) is 4.39 Å². The van der Waals surface area contributed by atoms with Crippen LogP contribution in [0.3, 0.4) is 0 Å². The van der Waals surface area contributed by atoms with E-state index in [0.717, 1.165) is 13.0 Å². The molecular formula is C12H18FN3O2S. The van der Waals surface area contributed by atoms with E-state index in [0.29, 0.717) is 25.3 Å². The van der Waals surface area contributed by atoms with E-state index in [1.807, 2.05) is 7.05 Å². The van der Waals surface area contributed by atoms with Crippen LogP contribution in [0.1, 0.15) is 6.42 Å². The Morgan fingerprint density at radius 1 is 1.37 bits per heavy atom. The van der Waals surface area contributed by atoms with Crippen molar-refractivity contribution in [1.82, 2.24) is 9.62 Å². The Bertz CT molecular complexity index is 536. The smallest absolute Gasteiger partial charge is 0.304 e. The normalized spacial score (nSPS) is 18.9. The Morgan fingerprint density at radius 3 is 2.84 bits per heavy atom. The quantitative estimate of drug-likeness (QED) is 0.815. The van der Waals surface area contributed by atoms with Gasteiger partial charge in [-0.05, 0) is 38.2 Å². The average Bonchev–Trinajstić information content (AvgIpc) is 2.65. The molecule has 0 unspecified atom stereocenters. The van der Waals surface area contributed by atoms with Gasteiger partial charge in [0.25, 0.3) is 0 Å². The van der Waals surface area contributed by atoms with Crippen molar-refractivity contribution in [2.75, 3.05) is 37.5 Å². The minimum atomic E-state index is -3.51. The number of benzene rings is 1. The van der Waals surface area contributed by atoms with Crippen LogP contribution in [-0.2, 0) is 10.2 Å². The van der Waals surface area contributed by atoms with Crippen LogP contribution < -0.4 is 9.62 Å². The summed E-state index contributed by atoms with van der Waals surface area (Å²) >= 11 is 0. The van der Waals surface area contributed by atoms with Crippen molar-refractivity contribution in [2.45, 2.75) is 6.42 Å². The van der Waals surface area contributed by atoms with Crippen molar-refractivity contribution in [3.63, 3.8) is 0 Å². The molecular weight excluding hydrogens is 269 g/mol. The van der Waals surface area contributed by atoms with Crippen molar-refractivity contribution < 1.29 is 12.8 Å². The highest BCUT2D eigenvalue weighted by Gasteiger charge is 2.36. The third-order valence-electron chi connectivity index (χ3n) is 3.09. The second-order valence-electron chi connectivity index (χ2n) is 4.42. The van der Waals surface area contributed by atoms with Gasteiger partial charge in [0.1, 0.15) is 5.82 Å². The first kappa shape index (κ1) is 14.2. The summed E-state index contributed by atoms with van der Waals surface area (Å²) in [5, 5.41) is 2.98. The molecule has 1 saturated heterocycles. The monoisotopic (exact) mass is 287 g/mol. The molecule has 7 heteroatoms. The molecule has 0 amide bonds. The number of hydrogen-bond donors (Lipinski definition) is 1. The Labute approximate surface area is 113 Å². The molecule has 0 bridgehead atoms. The fraction of sp³-hybridized carbons (Fsp3) is 0.500. The molecule has 0 aromatic heterocycles. The first-order valence-corrected chi connectivity index (χ1v) is 7.63. The molecule has 1 fully saturated rings. The number of nitrogens with one attached hydrogen (secondary N) is 1. The summed E-state index contributed by atoms with van der Waals surface area (Å²) in [6.07, 6.45) is 0.757. The maximum Gasteiger partial charge on any atom is 0.304 e. The zero-order valence-electron chi connectivity index (χ0n) is 10.8. The highest BCUT2D eigenvalue weighted by molar-refractivity contribution is 7.90. The van der Waals surface area contributed by atoms with Gasteiger partial charge in [-0.2, -0.15) is 12.7 Å². The Hall–Kier alpha value is -1.18. The standard InChI is InChI=1S/C12H18FN3O2S/c1-14-6-3-7-15-8-9-16(19(15,17)18)12-5-2-4-11(13)10-12/h2,4-5,10,14H,3,6-9H2,1H3. The van der Waals surface area contributed by atoms with Crippen LogP contribution in [0, 0.1) is 5.82 Å². The van der Waals surface area contributed by atoms with Crippen LogP contribution in [0.5, 0.6) is 0 Å². The van der Waals surface area contributed by atoms with Crippen molar-refractivity contribution in [1.29, 1.82) is 0 Å². The number of anilines is 1. The lowest BCUT2D eigenvalue weighted by atomic mass is 10.3. The van der Waals surface area contributed by atoms with Crippen LogP contribution in [0.4, 0.5) is 10.1 Å². The number of rotatable bonds is 5. The maximum atomic E-state index is 13.2. The third kappa shape index (κ3) is 3.05. The van der Waals surface area contributed by atoms with Gasteiger partial charge >= 0.3 is 10.2 Å². The van der Waals surface area contributed by atoms with Gasteiger partial charge in [0.15, 0.2) is 0 Å². The third-order valence-corrected chi connectivity index (χ3v) is 5.06. The fourth-order valence-electron chi connectivity index (χ4n) is 2.13. The van der Waals surface area contributed by atoms with Crippen LogP contribution >= 0.6 is 0 Å². The molecule has 1 heterocycles. The minimum absolute atomic E-state index is 0.366. The van der Waals surface area contributed by atoms with Gasteiger partial charge in [0.05, 0.1) is 5.69 Å². The van der Waals surface area contributed by atoms with Crippen LogP contribution in [-0.4, -0.2) is 45.9 Å². The van der Waals surface area contributed by atoms with E-state index in [1.165, 1.54) is 26.8 Å². The molecule has 1 aliphatic rings.